The summed E-state index contributed by atoms with van der Waals surface area (Å²) in [6.07, 6.45) is 4.39. The maximum absolute atomic E-state index is 12.5. The SMILES string of the molecule is O=C(NCc1ccc(Cn2cncn2)cc1)c1cccc(NC(=O)C2CCCO2)c1. The van der Waals surface area contributed by atoms with Crippen LogP contribution in [0.1, 0.15) is 34.3 Å². The molecule has 0 bridgehead atoms. The second-order valence-electron chi connectivity index (χ2n) is 7.16. The predicted octanol–water partition coefficient (Wildman–Crippen LogP) is 2.37. The van der Waals surface area contributed by atoms with Crippen LogP contribution in [0, 0.1) is 0 Å². The van der Waals surface area contributed by atoms with E-state index < -0.39 is 6.10 Å². The van der Waals surface area contributed by atoms with Gasteiger partial charge in [0.25, 0.3) is 11.8 Å². The summed E-state index contributed by atoms with van der Waals surface area (Å²) in [7, 11) is 0. The third kappa shape index (κ3) is 5.09. The minimum absolute atomic E-state index is 0.170. The Hall–Kier alpha value is -3.52. The quantitative estimate of drug-likeness (QED) is 0.629. The Labute approximate surface area is 174 Å². The van der Waals surface area contributed by atoms with E-state index in [2.05, 4.69) is 20.7 Å². The number of carbonyl (C=O) groups excluding carboxylic acids is 2. The van der Waals surface area contributed by atoms with Gasteiger partial charge >= 0.3 is 0 Å². The van der Waals surface area contributed by atoms with Crippen molar-refractivity contribution in [1.29, 1.82) is 0 Å². The lowest BCUT2D eigenvalue weighted by atomic mass is 10.1. The van der Waals surface area contributed by atoms with Crippen LogP contribution in [-0.2, 0) is 22.6 Å². The molecule has 2 N–H and O–H groups in total. The number of aromatic nitrogens is 3. The van der Waals surface area contributed by atoms with E-state index in [0.717, 1.165) is 24.0 Å². The Balaban J connectivity index is 1.31. The van der Waals surface area contributed by atoms with Crippen LogP contribution in [0.15, 0.2) is 61.2 Å². The fraction of sp³-hybridized carbons (Fsp3) is 0.273. The van der Waals surface area contributed by atoms with Crippen molar-refractivity contribution in [1.82, 2.24) is 20.1 Å². The molecule has 1 aliphatic heterocycles. The highest BCUT2D eigenvalue weighted by molar-refractivity contribution is 5.98. The molecular weight excluding hydrogens is 382 g/mol. The molecule has 0 aliphatic carbocycles. The normalized spacial score (nSPS) is 15.7. The lowest BCUT2D eigenvalue weighted by molar-refractivity contribution is -0.124. The van der Waals surface area contributed by atoms with Crippen LogP contribution >= 0.6 is 0 Å². The molecule has 2 amide bonds. The van der Waals surface area contributed by atoms with Gasteiger partial charge in [-0.25, -0.2) is 9.67 Å². The first-order valence-electron chi connectivity index (χ1n) is 9.88. The van der Waals surface area contributed by atoms with Gasteiger partial charge < -0.3 is 15.4 Å². The van der Waals surface area contributed by atoms with Crippen LogP contribution in [0.2, 0.25) is 0 Å². The molecule has 1 saturated heterocycles. The molecule has 2 heterocycles. The highest BCUT2D eigenvalue weighted by Gasteiger charge is 2.23. The van der Waals surface area contributed by atoms with Crippen molar-refractivity contribution >= 4 is 17.5 Å². The van der Waals surface area contributed by atoms with Crippen LogP contribution in [-0.4, -0.2) is 39.3 Å². The van der Waals surface area contributed by atoms with Crippen LogP contribution < -0.4 is 10.6 Å². The first kappa shape index (κ1) is 19.8. The zero-order chi connectivity index (χ0) is 20.8. The molecule has 8 nitrogen and oxygen atoms in total. The number of ether oxygens (including phenoxy) is 1. The van der Waals surface area contributed by atoms with Gasteiger partial charge in [0, 0.05) is 24.4 Å². The molecule has 1 unspecified atom stereocenters. The molecule has 8 heteroatoms. The number of hydrogen-bond donors (Lipinski definition) is 2. The second kappa shape index (κ2) is 9.32. The summed E-state index contributed by atoms with van der Waals surface area (Å²) in [5.41, 5.74) is 3.17. The summed E-state index contributed by atoms with van der Waals surface area (Å²) in [6, 6.07) is 14.9. The van der Waals surface area contributed by atoms with Gasteiger partial charge in [-0.15, -0.1) is 0 Å². The van der Waals surface area contributed by atoms with E-state index in [1.54, 1.807) is 35.3 Å². The molecule has 0 saturated carbocycles. The zero-order valence-corrected chi connectivity index (χ0v) is 16.5. The third-order valence-electron chi connectivity index (χ3n) is 4.90. The van der Waals surface area contributed by atoms with E-state index in [-0.39, 0.29) is 11.8 Å². The van der Waals surface area contributed by atoms with Crippen molar-refractivity contribution in [2.24, 2.45) is 0 Å². The molecule has 1 aromatic heterocycles. The molecular formula is C22H23N5O3. The topological polar surface area (TPSA) is 98.1 Å². The first-order valence-corrected chi connectivity index (χ1v) is 9.88. The summed E-state index contributed by atoms with van der Waals surface area (Å²) >= 11 is 0. The van der Waals surface area contributed by atoms with Gasteiger partial charge in [0.05, 0.1) is 6.54 Å². The molecule has 0 radical (unpaired) electrons. The number of anilines is 1. The lowest BCUT2D eigenvalue weighted by Gasteiger charge is -2.11. The van der Waals surface area contributed by atoms with Crippen molar-refractivity contribution < 1.29 is 14.3 Å². The molecule has 30 heavy (non-hydrogen) atoms. The molecule has 4 rings (SSSR count). The number of nitrogens with zero attached hydrogens (tertiary/aromatic N) is 3. The fourth-order valence-electron chi connectivity index (χ4n) is 3.29. The number of carbonyl (C=O) groups is 2. The standard InChI is InChI=1S/C22H23N5O3/c28-21(18-3-1-4-19(11-18)26-22(29)20-5-2-10-30-20)24-12-16-6-8-17(9-7-16)13-27-15-23-14-25-27/h1,3-4,6-9,11,14-15,20H,2,5,10,12-13H2,(H,24,28)(H,26,29). The van der Waals surface area contributed by atoms with Gasteiger partial charge in [-0.1, -0.05) is 30.3 Å². The Morgan fingerprint density at radius 3 is 2.70 bits per heavy atom. The highest BCUT2D eigenvalue weighted by Crippen LogP contribution is 2.16. The monoisotopic (exact) mass is 405 g/mol. The molecule has 1 aliphatic rings. The zero-order valence-electron chi connectivity index (χ0n) is 16.5. The maximum atomic E-state index is 12.5. The summed E-state index contributed by atoms with van der Waals surface area (Å²) < 4.78 is 7.14. The highest BCUT2D eigenvalue weighted by atomic mass is 16.5. The van der Waals surface area contributed by atoms with Gasteiger partial charge in [0.1, 0.15) is 18.8 Å². The van der Waals surface area contributed by atoms with Gasteiger partial charge in [-0.2, -0.15) is 5.10 Å². The van der Waals surface area contributed by atoms with E-state index in [1.807, 2.05) is 24.3 Å². The van der Waals surface area contributed by atoms with E-state index in [1.165, 1.54) is 6.33 Å². The van der Waals surface area contributed by atoms with Gasteiger partial charge in [-0.3, -0.25) is 9.59 Å². The predicted molar refractivity (Wildman–Crippen MR) is 111 cm³/mol. The van der Waals surface area contributed by atoms with Crippen LogP contribution in [0.5, 0.6) is 0 Å². The fourth-order valence-corrected chi connectivity index (χ4v) is 3.29. The second-order valence-corrected chi connectivity index (χ2v) is 7.16. The molecule has 1 atom stereocenters. The van der Waals surface area contributed by atoms with E-state index in [0.29, 0.717) is 30.9 Å². The largest absolute Gasteiger partial charge is 0.368 e. The summed E-state index contributed by atoms with van der Waals surface area (Å²) in [4.78, 5) is 28.6. The van der Waals surface area contributed by atoms with Crippen LogP contribution in [0.3, 0.4) is 0 Å². The first-order chi connectivity index (χ1) is 14.7. The molecule has 3 aromatic rings. The molecule has 154 valence electrons. The minimum atomic E-state index is -0.407. The summed E-state index contributed by atoms with van der Waals surface area (Å²) in [5, 5.41) is 9.82. The molecule has 0 spiro atoms. The number of benzene rings is 2. The van der Waals surface area contributed by atoms with Crippen molar-refractivity contribution in [3.63, 3.8) is 0 Å². The Bertz CT molecular complexity index is 996. The number of rotatable bonds is 7. The van der Waals surface area contributed by atoms with Gasteiger partial charge in [-0.05, 0) is 42.2 Å². The molecule has 1 fully saturated rings. The Kier molecular flexibility index (Phi) is 6.14. The number of hydrogen-bond acceptors (Lipinski definition) is 5. The van der Waals surface area contributed by atoms with Crippen molar-refractivity contribution in [2.45, 2.75) is 32.0 Å². The maximum Gasteiger partial charge on any atom is 0.253 e. The lowest BCUT2D eigenvalue weighted by Crippen LogP contribution is -2.27. The van der Waals surface area contributed by atoms with Gasteiger partial charge in [0.15, 0.2) is 0 Å². The van der Waals surface area contributed by atoms with Crippen LogP contribution in [0.4, 0.5) is 5.69 Å². The summed E-state index contributed by atoms with van der Waals surface area (Å²) in [6.45, 7) is 1.67. The number of amides is 2. The van der Waals surface area contributed by atoms with E-state index in [4.69, 9.17) is 4.74 Å². The van der Waals surface area contributed by atoms with E-state index in [9.17, 15) is 9.59 Å². The number of nitrogens with one attached hydrogen (secondary N) is 2. The molecule has 2 aromatic carbocycles. The smallest absolute Gasteiger partial charge is 0.253 e. The average molecular weight is 405 g/mol. The average Bonchev–Trinajstić information content (AvgIpc) is 3.48. The van der Waals surface area contributed by atoms with Crippen LogP contribution in [0.25, 0.3) is 0 Å². The van der Waals surface area contributed by atoms with E-state index >= 15 is 0 Å². The summed E-state index contributed by atoms with van der Waals surface area (Å²) in [5.74, 6) is -0.369. The van der Waals surface area contributed by atoms with Gasteiger partial charge in [0.2, 0.25) is 0 Å². The Morgan fingerprint density at radius 2 is 1.97 bits per heavy atom. The minimum Gasteiger partial charge on any atom is -0.368 e. The van der Waals surface area contributed by atoms with Crippen molar-refractivity contribution in [3.05, 3.63) is 77.9 Å². The van der Waals surface area contributed by atoms with Crippen molar-refractivity contribution in [2.75, 3.05) is 11.9 Å². The Morgan fingerprint density at radius 1 is 1.13 bits per heavy atom. The van der Waals surface area contributed by atoms with Crippen molar-refractivity contribution in [3.8, 4) is 0 Å². The third-order valence-corrected chi connectivity index (χ3v) is 4.90.